The standard InChI is InChI=1S/C16H33NO3Si/c1-12(2)14(15(18)20-13(3)4)17-10-11-19-21(8,9)16(5,6)7/h12-13H,10-11H2,1-9H3/b17-14-. The topological polar surface area (TPSA) is 47.9 Å². The smallest absolute Gasteiger partial charge is 0.352 e. The van der Waals surface area contributed by atoms with E-state index in [1.807, 2.05) is 27.7 Å². The molecule has 0 aliphatic carbocycles. The maximum absolute atomic E-state index is 12.0. The van der Waals surface area contributed by atoms with E-state index in [9.17, 15) is 4.79 Å². The maximum Gasteiger partial charge on any atom is 0.352 e. The quantitative estimate of drug-likeness (QED) is 0.308. The minimum Gasteiger partial charge on any atom is -0.458 e. The van der Waals surface area contributed by atoms with Crippen molar-refractivity contribution in [2.45, 2.75) is 72.7 Å². The lowest BCUT2D eigenvalue weighted by Gasteiger charge is -2.36. The van der Waals surface area contributed by atoms with Crippen LogP contribution >= 0.6 is 0 Å². The van der Waals surface area contributed by atoms with Gasteiger partial charge in [-0.3, -0.25) is 4.99 Å². The largest absolute Gasteiger partial charge is 0.458 e. The van der Waals surface area contributed by atoms with Crippen LogP contribution in [-0.2, 0) is 14.0 Å². The minimum atomic E-state index is -1.74. The normalized spacial score (nSPS) is 14.0. The molecule has 21 heavy (non-hydrogen) atoms. The Kier molecular flexibility index (Phi) is 7.82. The van der Waals surface area contributed by atoms with Gasteiger partial charge in [0.05, 0.1) is 19.3 Å². The van der Waals surface area contributed by atoms with E-state index in [0.717, 1.165) is 0 Å². The first kappa shape index (κ1) is 20.3. The van der Waals surface area contributed by atoms with Gasteiger partial charge < -0.3 is 9.16 Å². The Morgan fingerprint density at radius 1 is 1.14 bits per heavy atom. The summed E-state index contributed by atoms with van der Waals surface area (Å²) in [4.78, 5) is 16.4. The molecule has 0 saturated carbocycles. The highest BCUT2D eigenvalue weighted by Crippen LogP contribution is 2.36. The summed E-state index contributed by atoms with van der Waals surface area (Å²) in [6.07, 6.45) is -0.120. The van der Waals surface area contributed by atoms with Gasteiger partial charge in [-0.05, 0) is 32.0 Å². The van der Waals surface area contributed by atoms with Crippen LogP contribution in [0, 0.1) is 5.92 Å². The Labute approximate surface area is 131 Å². The fourth-order valence-corrected chi connectivity index (χ4v) is 2.48. The highest BCUT2D eigenvalue weighted by Gasteiger charge is 2.36. The Balaban J connectivity index is 4.58. The predicted octanol–water partition coefficient (Wildman–Crippen LogP) is 4.06. The van der Waals surface area contributed by atoms with Crippen molar-refractivity contribution in [1.82, 2.24) is 0 Å². The van der Waals surface area contributed by atoms with Crippen LogP contribution in [0.25, 0.3) is 0 Å². The van der Waals surface area contributed by atoms with Crippen LogP contribution in [0.1, 0.15) is 48.5 Å². The highest BCUT2D eigenvalue weighted by atomic mass is 28.4. The molecule has 0 rings (SSSR count). The summed E-state index contributed by atoms with van der Waals surface area (Å²) in [5.41, 5.74) is 0.502. The summed E-state index contributed by atoms with van der Waals surface area (Å²) in [6.45, 7) is 19.7. The Morgan fingerprint density at radius 2 is 1.67 bits per heavy atom. The third kappa shape index (κ3) is 7.22. The van der Waals surface area contributed by atoms with E-state index >= 15 is 0 Å². The molecule has 0 N–H and O–H groups in total. The third-order valence-electron chi connectivity index (χ3n) is 3.74. The molecule has 0 radical (unpaired) electrons. The van der Waals surface area contributed by atoms with Gasteiger partial charge in [-0.25, -0.2) is 4.79 Å². The lowest BCUT2D eigenvalue weighted by Crippen LogP contribution is -2.41. The van der Waals surface area contributed by atoms with Crippen molar-refractivity contribution in [3.05, 3.63) is 0 Å². The molecule has 4 nitrogen and oxygen atoms in total. The van der Waals surface area contributed by atoms with Crippen molar-refractivity contribution in [2.75, 3.05) is 13.2 Å². The van der Waals surface area contributed by atoms with Crippen molar-refractivity contribution in [3.63, 3.8) is 0 Å². The molecule has 0 saturated heterocycles. The van der Waals surface area contributed by atoms with E-state index in [0.29, 0.717) is 18.9 Å². The van der Waals surface area contributed by atoms with Gasteiger partial charge in [0, 0.05) is 5.92 Å². The third-order valence-corrected chi connectivity index (χ3v) is 8.28. The summed E-state index contributed by atoms with van der Waals surface area (Å²) in [5.74, 6) is -0.253. The van der Waals surface area contributed by atoms with Crippen molar-refractivity contribution in [3.8, 4) is 0 Å². The van der Waals surface area contributed by atoms with Gasteiger partial charge in [0.1, 0.15) is 5.71 Å². The van der Waals surface area contributed by atoms with Crippen LogP contribution < -0.4 is 0 Å². The van der Waals surface area contributed by atoms with Gasteiger partial charge in [0.15, 0.2) is 8.32 Å². The molecule has 0 aromatic carbocycles. The SMILES string of the molecule is CC(C)OC(=O)/C(=N\CCO[Si](C)(C)C(C)(C)C)C(C)C. The van der Waals surface area contributed by atoms with Crippen LogP contribution in [-0.4, -0.2) is 39.3 Å². The number of hydrogen-bond acceptors (Lipinski definition) is 4. The van der Waals surface area contributed by atoms with Crippen molar-refractivity contribution < 1.29 is 14.0 Å². The molecule has 0 unspecified atom stereocenters. The maximum atomic E-state index is 12.0. The molecule has 0 bridgehead atoms. The molecular weight excluding hydrogens is 282 g/mol. The monoisotopic (exact) mass is 315 g/mol. The van der Waals surface area contributed by atoms with Crippen molar-refractivity contribution in [2.24, 2.45) is 10.9 Å². The average molecular weight is 316 g/mol. The first-order chi connectivity index (χ1) is 9.38. The van der Waals surface area contributed by atoms with E-state index < -0.39 is 8.32 Å². The van der Waals surface area contributed by atoms with Crippen molar-refractivity contribution >= 4 is 20.0 Å². The van der Waals surface area contributed by atoms with Gasteiger partial charge in [0.25, 0.3) is 0 Å². The summed E-state index contributed by atoms with van der Waals surface area (Å²) in [7, 11) is -1.74. The van der Waals surface area contributed by atoms with Gasteiger partial charge in [-0.1, -0.05) is 34.6 Å². The molecule has 0 spiro atoms. The second kappa shape index (κ2) is 8.08. The first-order valence-electron chi connectivity index (χ1n) is 7.77. The molecule has 0 fully saturated rings. The highest BCUT2D eigenvalue weighted by molar-refractivity contribution is 6.74. The summed E-state index contributed by atoms with van der Waals surface area (Å²) >= 11 is 0. The number of ether oxygens (including phenoxy) is 1. The fraction of sp³-hybridized carbons (Fsp3) is 0.875. The number of carbonyl (C=O) groups is 1. The van der Waals surface area contributed by atoms with Crippen LogP contribution in [0.15, 0.2) is 4.99 Å². The number of nitrogens with zero attached hydrogens (tertiary/aromatic N) is 1. The van der Waals surface area contributed by atoms with E-state index in [1.54, 1.807) is 0 Å². The molecular formula is C16H33NO3Si. The number of hydrogen-bond donors (Lipinski definition) is 0. The number of esters is 1. The Hall–Kier alpha value is -0.683. The molecule has 0 atom stereocenters. The molecule has 0 aliphatic rings. The average Bonchev–Trinajstić information content (AvgIpc) is 2.25. The zero-order chi connectivity index (χ0) is 16.8. The molecule has 0 aromatic rings. The molecule has 0 aromatic heterocycles. The Morgan fingerprint density at radius 3 is 2.05 bits per heavy atom. The van der Waals surface area contributed by atoms with E-state index in [1.165, 1.54) is 0 Å². The fourth-order valence-electron chi connectivity index (χ4n) is 1.44. The summed E-state index contributed by atoms with van der Waals surface area (Å²) in [6, 6.07) is 0. The van der Waals surface area contributed by atoms with Gasteiger partial charge >= 0.3 is 5.97 Å². The summed E-state index contributed by atoms with van der Waals surface area (Å²) in [5, 5.41) is 0.189. The second-order valence-electron chi connectivity index (χ2n) is 7.48. The lowest BCUT2D eigenvalue weighted by molar-refractivity contribution is -0.139. The van der Waals surface area contributed by atoms with Gasteiger partial charge in [-0.2, -0.15) is 0 Å². The van der Waals surface area contributed by atoms with Crippen LogP contribution in [0.4, 0.5) is 0 Å². The summed E-state index contributed by atoms with van der Waals surface area (Å²) < 4.78 is 11.3. The van der Waals surface area contributed by atoms with E-state index in [4.69, 9.17) is 9.16 Å². The van der Waals surface area contributed by atoms with E-state index in [2.05, 4.69) is 38.9 Å². The zero-order valence-electron chi connectivity index (χ0n) is 15.2. The second-order valence-corrected chi connectivity index (χ2v) is 12.3. The predicted molar refractivity (Wildman–Crippen MR) is 91.5 cm³/mol. The lowest BCUT2D eigenvalue weighted by atomic mass is 10.1. The van der Waals surface area contributed by atoms with Gasteiger partial charge in [-0.15, -0.1) is 0 Å². The first-order valence-corrected chi connectivity index (χ1v) is 10.7. The molecule has 5 heteroatoms. The number of rotatable bonds is 7. The van der Waals surface area contributed by atoms with Gasteiger partial charge in [0.2, 0.25) is 0 Å². The molecule has 0 aliphatic heterocycles. The number of carbonyl (C=O) groups excluding carboxylic acids is 1. The van der Waals surface area contributed by atoms with Crippen LogP contribution in [0.2, 0.25) is 18.1 Å². The van der Waals surface area contributed by atoms with Crippen LogP contribution in [0.5, 0.6) is 0 Å². The number of aliphatic imine (C=N–C) groups is 1. The van der Waals surface area contributed by atoms with E-state index in [-0.39, 0.29) is 23.0 Å². The van der Waals surface area contributed by atoms with Crippen molar-refractivity contribution in [1.29, 1.82) is 0 Å². The Bertz CT molecular complexity index is 368. The molecule has 0 heterocycles. The minimum absolute atomic E-state index is 0.0594. The van der Waals surface area contributed by atoms with Crippen LogP contribution in [0.3, 0.4) is 0 Å². The zero-order valence-corrected chi connectivity index (χ0v) is 16.2. The molecule has 0 amide bonds. The molecule has 124 valence electrons.